The fraction of sp³-hybridized carbons (Fsp3) is 0.167. The molecule has 0 radical (unpaired) electrons. The van der Waals surface area contributed by atoms with Crippen LogP contribution in [0.3, 0.4) is 0 Å². The lowest BCUT2D eigenvalue weighted by molar-refractivity contribution is 0.174. The van der Waals surface area contributed by atoms with E-state index in [1.807, 2.05) is 49.4 Å². The summed E-state index contributed by atoms with van der Waals surface area (Å²) in [4.78, 5) is 9.24. The van der Waals surface area contributed by atoms with Crippen LogP contribution in [0.5, 0.6) is 11.5 Å². The molecular weight excluding hydrogens is 318 g/mol. The molecule has 7 heteroatoms. The van der Waals surface area contributed by atoms with Crippen molar-refractivity contribution in [2.75, 3.05) is 12.1 Å². The molecule has 0 fully saturated rings. The minimum atomic E-state index is 0.275. The molecule has 25 heavy (non-hydrogen) atoms. The largest absolute Gasteiger partial charge is 0.454 e. The summed E-state index contributed by atoms with van der Waals surface area (Å²) in [7, 11) is 0. The van der Waals surface area contributed by atoms with E-state index in [-0.39, 0.29) is 6.79 Å². The van der Waals surface area contributed by atoms with Crippen LogP contribution < -0.4 is 14.8 Å². The van der Waals surface area contributed by atoms with Gasteiger partial charge in [0.1, 0.15) is 5.82 Å². The number of anilines is 1. The maximum Gasteiger partial charge on any atom is 0.231 e. The zero-order valence-corrected chi connectivity index (χ0v) is 13.6. The number of nitrogens with one attached hydrogen (secondary N) is 1. The van der Waals surface area contributed by atoms with Gasteiger partial charge in [0.2, 0.25) is 12.7 Å². The van der Waals surface area contributed by atoms with Crippen LogP contribution in [0.15, 0.2) is 42.5 Å². The molecule has 1 aliphatic rings. The van der Waals surface area contributed by atoms with Gasteiger partial charge < -0.3 is 14.8 Å². The van der Waals surface area contributed by atoms with Crippen LogP contribution in [0.4, 0.5) is 5.95 Å². The Morgan fingerprint density at radius 2 is 1.96 bits per heavy atom. The third-order valence-electron chi connectivity index (χ3n) is 4.17. The minimum Gasteiger partial charge on any atom is -0.454 e. The predicted octanol–water partition coefficient (Wildman–Crippen LogP) is 2.93. The van der Waals surface area contributed by atoms with Gasteiger partial charge >= 0.3 is 0 Å². The molecule has 0 amide bonds. The average molecular weight is 333 g/mol. The van der Waals surface area contributed by atoms with Gasteiger partial charge in [0.25, 0.3) is 0 Å². The maximum atomic E-state index is 5.43. The van der Waals surface area contributed by atoms with E-state index in [0.717, 1.165) is 33.6 Å². The van der Waals surface area contributed by atoms with Crippen molar-refractivity contribution in [1.82, 2.24) is 19.6 Å². The van der Waals surface area contributed by atoms with Gasteiger partial charge in [-0.15, -0.1) is 5.10 Å². The van der Waals surface area contributed by atoms with Crippen molar-refractivity contribution in [3.05, 3.63) is 53.9 Å². The van der Waals surface area contributed by atoms with Crippen molar-refractivity contribution in [1.29, 1.82) is 0 Å². The molecule has 0 bridgehead atoms. The van der Waals surface area contributed by atoms with Crippen LogP contribution in [-0.2, 0) is 6.54 Å². The quantitative estimate of drug-likeness (QED) is 0.621. The van der Waals surface area contributed by atoms with Crippen LogP contribution in [0.2, 0.25) is 0 Å². The lowest BCUT2D eigenvalue weighted by atomic mass is 10.2. The van der Waals surface area contributed by atoms with Crippen molar-refractivity contribution >= 4 is 22.5 Å². The van der Waals surface area contributed by atoms with E-state index in [2.05, 4.69) is 15.4 Å². The topological polar surface area (TPSA) is 73.6 Å². The molecule has 0 aliphatic carbocycles. The van der Waals surface area contributed by atoms with E-state index in [4.69, 9.17) is 14.5 Å². The van der Waals surface area contributed by atoms with Gasteiger partial charge in [0.15, 0.2) is 17.1 Å². The lowest BCUT2D eigenvalue weighted by Crippen LogP contribution is -2.08. The van der Waals surface area contributed by atoms with Crippen LogP contribution in [0.25, 0.3) is 16.6 Å². The molecule has 7 nitrogen and oxygen atoms in total. The summed E-state index contributed by atoms with van der Waals surface area (Å²) in [6.45, 7) is 2.75. The molecule has 2 aromatic heterocycles. The smallest absolute Gasteiger partial charge is 0.231 e. The molecule has 5 rings (SSSR count). The second-order valence-electron chi connectivity index (χ2n) is 5.89. The second-order valence-corrected chi connectivity index (χ2v) is 5.89. The molecule has 124 valence electrons. The Labute approximate surface area is 143 Å². The monoisotopic (exact) mass is 333 g/mol. The molecule has 0 spiro atoms. The SMILES string of the molecule is Cc1nc2c3ccccc3nc(NCc3ccc4c(c3)OCO4)n2n1. The Hall–Kier alpha value is -3.35. The molecule has 4 aromatic rings. The lowest BCUT2D eigenvalue weighted by Gasteiger charge is -2.09. The Morgan fingerprint density at radius 1 is 1.08 bits per heavy atom. The first-order chi connectivity index (χ1) is 12.3. The standard InChI is InChI=1S/C18H15N5O2/c1-11-20-17-13-4-2-3-5-14(13)21-18(23(17)22-11)19-9-12-6-7-15-16(8-12)25-10-24-15/h2-8H,9-10H2,1H3,(H,19,21). The number of hydrogen-bond acceptors (Lipinski definition) is 6. The normalized spacial score (nSPS) is 12.8. The molecule has 1 N–H and O–H groups in total. The number of ether oxygens (including phenoxy) is 2. The molecule has 0 saturated carbocycles. The number of benzene rings is 2. The zero-order valence-electron chi connectivity index (χ0n) is 13.6. The molecular formula is C18H15N5O2. The summed E-state index contributed by atoms with van der Waals surface area (Å²) in [5, 5.41) is 8.81. The Kier molecular flexibility index (Phi) is 3.00. The van der Waals surface area contributed by atoms with Crippen LogP contribution in [0.1, 0.15) is 11.4 Å². The summed E-state index contributed by atoms with van der Waals surface area (Å²) >= 11 is 0. The van der Waals surface area contributed by atoms with Crippen molar-refractivity contribution in [2.24, 2.45) is 0 Å². The van der Waals surface area contributed by atoms with Crippen molar-refractivity contribution in [3.8, 4) is 11.5 Å². The number of aryl methyl sites for hydroxylation is 1. The Bertz CT molecular complexity index is 1110. The third kappa shape index (κ3) is 2.32. The Balaban J connectivity index is 1.53. The van der Waals surface area contributed by atoms with Gasteiger partial charge in [-0.3, -0.25) is 0 Å². The van der Waals surface area contributed by atoms with E-state index in [1.165, 1.54) is 0 Å². The number of fused-ring (bicyclic) bond motifs is 4. The first-order valence-corrected chi connectivity index (χ1v) is 8.02. The average Bonchev–Trinajstić information content (AvgIpc) is 3.25. The highest BCUT2D eigenvalue weighted by atomic mass is 16.7. The second kappa shape index (κ2) is 5.34. The third-order valence-corrected chi connectivity index (χ3v) is 4.17. The number of rotatable bonds is 3. The first kappa shape index (κ1) is 14.0. The van der Waals surface area contributed by atoms with E-state index < -0.39 is 0 Å². The molecule has 3 heterocycles. The van der Waals surface area contributed by atoms with Crippen molar-refractivity contribution in [2.45, 2.75) is 13.5 Å². The summed E-state index contributed by atoms with van der Waals surface area (Å²) in [6, 6.07) is 13.8. The van der Waals surface area contributed by atoms with E-state index in [1.54, 1.807) is 4.52 Å². The van der Waals surface area contributed by atoms with Crippen LogP contribution in [-0.4, -0.2) is 26.4 Å². The van der Waals surface area contributed by atoms with Crippen molar-refractivity contribution < 1.29 is 9.47 Å². The predicted molar refractivity (Wildman–Crippen MR) is 92.9 cm³/mol. The highest BCUT2D eigenvalue weighted by molar-refractivity contribution is 5.92. The highest BCUT2D eigenvalue weighted by Gasteiger charge is 2.14. The van der Waals surface area contributed by atoms with Gasteiger partial charge in [-0.2, -0.15) is 4.52 Å². The summed E-state index contributed by atoms with van der Waals surface area (Å²) in [5.74, 6) is 2.92. The fourth-order valence-corrected chi connectivity index (χ4v) is 3.01. The minimum absolute atomic E-state index is 0.275. The van der Waals surface area contributed by atoms with Gasteiger partial charge in [-0.25, -0.2) is 9.97 Å². The van der Waals surface area contributed by atoms with Gasteiger partial charge in [0, 0.05) is 11.9 Å². The van der Waals surface area contributed by atoms with Gasteiger partial charge in [-0.05, 0) is 36.8 Å². The van der Waals surface area contributed by atoms with Gasteiger partial charge in [-0.1, -0.05) is 18.2 Å². The number of para-hydroxylation sites is 1. The number of hydrogen-bond donors (Lipinski definition) is 1. The van der Waals surface area contributed by atoms with E-state index in [0.29, 0.717) is 18.3 Å². The molecule has 2 aromatic carbocycles. The fourth-order valence-electron chi connectivity index (χ4n) is 3.01. The van der Waals surface area contributed by atoms with Crippen LogP contribution in [0, 0.1) is 6.92 Å². The van der Waals surface area contributed by atoms with Crippen LogP contribution >= 0.6 is 0 Å². The van der Waals surface area contributed by atoms with Crippen molar-refractivity contribution in [3.63, 3.8) is 0 Å². The maximum absolute atomic E-state index is 5.43. The summed E-state index contributed by atoms with van der Waals surface area (Å²) < 4.78 is 12.5. The van der Waals surface area contributed by atoms with E-state index >= 15 is 0 Å². The molecule has 0 atom stereocenters. The zero-order chi connectivity index (χ0) is 16.8. The van der Waals surface area contributed by atoms with Gasteiger partial charge in [0.05, 0.1) is 5.52 Å². The molecule has 1 aliphatic heterocycles. The molecule has 0 unspecified atom stereocenters. The molecule has 0 saturated heterocycles. The van der Waals surface area contributed by atoms with E-state index in [9.17, 15) is 0 Å². The highest BCUT2D eigenvalue weighted by Crippen LogP contribution is 2.32. The summed E-state index contributed by atoms with van der Waals surface area (Å²) in [6.07, 6.45) is 0. The summed E-state index contributed by atoms with van der Waals surface area (Å²) in [5.41, 5.74) is 2.76. The Morgan fingerprint density at radius 3 is 2.92 bits per heavy atom. The number of aromatic nitrogens is 4. The number of nitrogens with zero attached hydrogens (tertiary/aromatic N) is 4. The first-order valence-electron chi connectivity index (χ1n) is 8.02.